The lowest BCUT2D eigenvalue weighted by atomic mass is 9.92. The van der Waals surface area contributed by atoms with Crippen molar-refractivity contribution in [2.75, 3.05) is 56.2 Å². The van der Waals surface area contributed by atoms with Crippen LogP contribution in [0.1, 0.15) is 19.8 Å². The van der Waals surface area contributed by atoms with Gasteiger partial charge in [-0.2, -0.15) is 10.1 Å². The molecular weight excluding hydrogens is 625 g/mol. The molecular formula is C32H37ClN9O3P. The van der Waals surface area contributed by atoms with Gasteiger partial charge in [-0.15, -0.1) is 0 Å². The molecule has 240 valence electrons. The molecule has 0 bridgehead atoms. The summed E-state index contributed by atoms with van der Waals surface area (Å²) in [7, 11) is 2.53. The first kappa shape index (κ1) is 31.7. The minimum Gasteiger partial charge on any atom is -0.494 e. The van der Waals surface area contributed by atoms with E-state index in [9.17, 15) is 4.57 Å². The zero-order valence-corrected chi connectivity index (χ0v) is 28.4. The van der Waals surface area contributed by atoms with Gasteiger partial charge >= 0.3 is 0 Å². The molecule has 3 aromatic heterocycles. The Kier molecular flexibility index (Phi) is 8.62. The zero-order chi connectivity index (χ0) is 32.6. The third-order valence-electron chi connectivity index (χ3n) is 8.38. The SMILES string of the molecule is COc1cc(N2CCC(C)(OC)CC2)c(-c2cnn(C)c2)cc1Nc1ncc(Cl)c(Nc2ccc3nccnc3c2P(C)(C)=O)n1. The minimum absolute atomic E-state index is 0.138. The number of halogens is 1. The van der Waals surface area contributed by atoms with E-state index in [0.29, 0.717) is 50.3 Å². The highest BCUT2D eigenvalue weighted by molar-refractivity contribution is 7.71. The van der Waals surface area contributed by atoms with Crippen LogP contribution in [-0.4, -0.2) is 76.0 Å². The van der Waals surface area contributed by atoms with Gasteiger partial charge in [0, 0.05) is 68.7 Å². The Morgan fingerprint density at radius 1 is 1.00 bits per heavy atom. The number of ether oxygens (including phenoxy) is 2. The quantitative estimate of drug-likeness (QED) is 0.174. The van der Waals surface area contributed by atoms with E-state index in [4.69, 9.17) is 26.1 Å². The van der Waals surface area contributed by atoms with Gasteiger partial charge in [0.05, 0.1) is 47.3 Å². The summed E-state index contributed by atoms with van der Waals surface area (Å²) < 4.78 is 26.9. The van der Waals surface area contributed by atoms with Crippen LogP contribution in [0.4, 0.5) is 28.8 Å². The van der Waals surface area contributed by atoms with Crippen LogP contribution in [0.3, 0.4) is 0 Å². The highest BCUT2D eigenvalue weighted by atomic mass is 35.5. The molecule has 14 heteroatoms. The number of hydrogen-bond acceptors (Lipinski definition) is 11. The van der Waals surface area contributed by atoms with Gasteiger partial charge in [0.2, 0.25) is 5.95 Å². The fraction of sp³-hybridized carbons (Fsp3) is 0.344. The standard InChI is InChI=1S/C32H37ClN9O3P/c1-32(45-4)9-13-42(14-10-32)26-16-27(44-3)25(15-21(26)20-17-37-41(2)19-20)39-31-36-18-22(33)30(40-31)38-24-8-7-23-28(35-12-11-34-23)29(24)46(5,6)43/h7-8,11-12,15-19H,9-10,13-14H2,1-6H3,(H2,36,38,39,40). The monoisotopic (exact) mass is 661 g/mol. The van der Waals surface area contributed by atoms with E-state index in [1.165, 1.54) is 6.20 Å². The summed E-state index contributed by atoms with van der Waals surface area (Å²) >= 11 is 6.58. The Morgan fingerprint density at radius 2 is 1.76 bits per heavy atom. The fourth-order valence-electron chi connectivity index (χ4n) is 5.74. The Bertz CT molecular complexity index is 1950. The number of nitrogens with zero attached hydrogens (tertiary/aromatic N) is 7. The van der Waals surface area contributed by atoms with Crippen LogP contribution >= 0.6 is 18.7 Å². The van der Waals surface area contributed by atoms with Gasteiger partial charge in [-0.3, -0.25) is 14.6 Å². The summed E-state index contributed by atoms with van der Waals surface area (Å²) in [6, 6.07) is 7.71. The zero-order valence-electron chi connectivity index (χ0n) is 26.7. The Morgan fingerprint density at radius 3 is 2.43 bits per heavy atom. The lowest BCUT2D eigenvalue weighted by Gasteiger charge is -2.40. The van der Waals surface area contributed by atoms with Gasteiger partial charge < -0.3 is 29.6 Å². The number of piperidine rings is 1. The molecule has 0 saturated carbocycles. The van der Waals surface area contributed by atoms with Crippen molar-refractivity contribution in [2.45, 2.75) is 25.4 Å². The van der Waals surface area contributed by atoms with Gasteiger partial charge in [-0.05, 0) is 51.3 Å². The summed E-state index contributed by atoms with van der Waals surface area (Å²) in [6.45, 7) is 7.24. The molecule has 0 radical (unpaired) electrons. The summed E-state index contributed by atoms with van der Waals surface area (Å²) in [5.74, 6) is 1.26. The van der Waals surface area contributed by atoms with Crippen molar-refractivity contribution in [1.82, 2.24) is 29.7 Å². The molecule has 1 saturated heterocycles. The molecule has 6 rings (SSSR count). The van der Waals surface area contributed by atoms with Crippen LogP contribution in [0, 0.1) is 0 Å². The molecule has 46 heavy (non-hydrogen) atoms. The van der Waals surface area contributed by atoms with Gasteiger partial charge in [0.1, 0.15) is 23.4 Å². The average Bonchev–Trinajstić information content (AvgIpc) is 3.48. The van der Waals surface area contributed by atoms with Crippen molar-refractivity contribution in [3.63, 3.8) is 0 Å². The summed E-state index contributed by atoms with van der Waals surface area (Å²) in [5.41, 5.74) is 5.35. The van der Waals surface area contributed by atoms with Crippen LogP contribution in [0.5, 0.6) is 5.75 Å². The molecule has 5 aromatic rings. The van der Waals surface area contributed by atoms with Crippen molar-refractivity contribution >= 4 is 63.9 Å². The molecule has 0 unspecified atom stereocenters. The van der Waals surface area contributed by atoms with E-state index in [1.807, 2.05) is 43.7 Å². The number of hydrogen-bond donors (Lipinski definition) is 2. The van der Waals surface area contributed by atoms with Crippen LogP contribution in [0.25, 0.3) is 22.2 Å². The van der Waals surface area contributed by atoms with E-state index in [0.717, 1.165) is 42.7 Å². The fourth-order valence-corrected chi connectivity index (χ4v) is 7.28. The number of rotatable bonds is 9. The van der Waals surface area contributed by atoms with Crippen molar-refractivity contribution in [3.05, 3.63) is 60.3 Å². The van der Waals surface area contributed by atoms with Gasteiger partial charge in [-0.1, -0.05) is 11.6 Å². The highest BCUT2D eigenvalue weighted by Gasteiger charge is 2.31. The molecule has 4 heterocycles. The lowest BCUT2D eigenvalue weighted by Crippen LogP contribution is -2.43. The van der Waals surface area contributed by atoms with Crippen molar-refractivity contribution < 1.29 is 14.0 Å². The third-order valence-corrected chi connectivity index (χ3v) is 10.2. The van der Waals surface area contributed by atoms with E-state index in [2.05, 4.69) is 42.5 Å². The second-order valence-corrected chi connectivity index (χ2v) is 15.5. The topological polar surface area (TPSA) is 132 Å². The predicted octanol–water partition coefficient (Wildman–Crippen LogP) is 6.22. The largest absolute Gasteiger partial charge is 0.494 e. The summed E-state index contributed by atoms with van der Waals surface area (Å²) in [4.78, 5) is 20.4. The number of benzene rings is 2. The van der Waals surface area contributed by atoms with Gasteiger partial charge in [0.25, 0.3) is 0 Å². The molecule has 0 atom stereocenters. The normalized spacial score (nSPS) is 14.8. The first-order valence-corrected chi connectivity index (χ1v) is 17.8. The number of nitrogens with one attached hydrogen (secondary N) is 2. The van der Waals surface area contributed by atoms with Crippen molar-refractivity contribution in [3.8, 4) is 16.9 Å². The Balaban J connectivity index is 1.36. The summed E-state index contributed by atoms with van der Waals surface area (Å²) in [6.07, 6.45) is 10.4. The van der Waals surface area contributed by atoms with Gasteiger partial charge in [-0.25, -0.2) is 4.98 Å². The van der Waals surface area contributed by atoms with Crippen LogP contribution in [0.2, 0.25) is 5.02 Å². The third kappa shape index (κ3) is 6.38. The summed E-state index contributed by atoms with van der Waals surface area (Å²) in [5, 5.41) is 11.9. The minimum atomic E-state index is -2.79. The number of methoxy groups -OCH3 is 2. The first-order valence-electron chi connectivity index (χ1n) is 14.8. The van der Waals surface area contributed by atoms with Crippen molar-refractivity contribution in [2.24, 2.45) is 7.05 Å². The molecule has 1 aliphatic heterocycles. The average molecular weight is 662 g/mol. The van der Waals surface area contributed by atoms with E-state index >= 15 is 0 Å². The van der Waals surface area contributed by atoms with E-state index in [-0.39, 0.29) is 5.60 Å². The van der Waals surface area contributed by atoms with Crippen LogP contribution in [-0.2, 0) is 16.3 Å². The number of anilines is 5. The van der Waals surface area contributed by atoms with Crippen molar-refractivity contribution in [1.29, 1.82) is 0 Å². The van der Waals surface area contributed by atoms with E-state index < -0.39 is 7.14 Å². The first-order chi connectivity index (χ1) is 22.0. The molecule has 0 amide bonds. The number of aromatic nitrogens is 6. The molecule has 2 N–H and O–H groups in total. The van der Waals surface area contributed by atoms with Crippen LogP contribution < -0.4 is 25.6 Å². The molecule has 2 aromatic carbocycles. The maximum Gasteiger partial charge on any atom is 0.229 e. The lowest BCUT2D eigenvalue weighted by molar-refractivity contribution is -0.0132. The molecule has 12 nitrogen and oxygen atoms in total. The maximum absolute atomic E-state index is 13.4. The molecule has 0 spiro atoms. The molecule has 1 aliphatic rings. The molecule has 1 fully saturated rings. The number of fused-ring (bicyclic) bond motifs is 1. The smallest absolute Gasteiger partial charge is 0.229 e. The maximum atomic E-state index is 13.4. The highest BCUT2D eigenvalue weighted by Crippen LogP contribution is 2.43. The molecule has 0 aliphatic carbocycles. The second kappa shape index (κ2) is 12.5. The second-order valence-electron chi connectivity index (χ2n) is 12.0. The Labute approximate surface area is 272 Å². The number of aryl methyl sites for hydroxylation is 1. The predicted molar refractivity (Wildman–Crippen MR) is 184 cm³/mol. The van der Waals surface area contributed by atoms with E-state index in [1.54, 1.807) is 44.6 Å². The Hall–Kier alpha value is -4.25. The van der Waals surface area contributed by atoms with Gasteiger partial charge in [0.15, 0.2) is 5.82 Å². The van der Waals surface area contributed by atoms with Crippen LogP contribution in [0.15, 0.2) is 55.2 Å².